The van der Waals surface area contributed by atoms with Crippen molar-refractivity contribution in [3.05, 3.63) is 0 Å². The summed E-state index contributed by atoms with van der Waals surface area (Å²) in [4.78, 5) is 0. The van der Waals surface area contributed by atoms with Crippen LogP contribution in [0.25, 0.3) is 0 Å². The molecule has 0 radical (unpaired) electrons. The van der Waals surface area contributed by atoms with E-state index in [1.807, 2.05) is 0 Å². The molecule has 0 N–H and O–H groups in total. The zero-order valence-corrected chi connectivity index (χ0v) is 8.41. The first-order valence-corrected chi connectivity index (χ1v) is 5.95. The van der Waals surface area contributed by atoms with Gasteiger partial charge in [0.25, 0.3) is 0 Å². The van der Waals surface area contributed by atoms with E-state index in [-0.39, 0.29) is 5.41 Å². The van der Waals surface area contributed by atoms with Crippen LogP contribution in [0.1, 0.15) is 27.2 Å². The second kappa shape index (κ2) is 2.77. The van der Waals surface area contributed by atoms with Crippen LogP contribution in [0.5, 0.6) is 0 Å². The fourth-order valence-electron chi connectivity index (χ4n) is 1.38. The second-order valence-electron chi connectivity index (χ2n) is 4.39. The summed E-state index contributed by atoms with van der Waals surface area (Å²) in [5, 5.41) is 0. The maximum atomic E-state index is 11.8. The van der Waals surface area contributed by atoms with E-state index in [9.17, 15) is 4.21 Å². The molecule has 1 heterocycles. The Morgan fingerprint density at radius 3 is 2.45 bits per heavy atom. The summed E-state index contributed by atoms with van der Waals surface area (Å²) in [5.41, 5.74) is 0.158. The van der Waals surface area contributed by atoms with Gasteiger partial charge in [0, 0.05) is 27.8 Å². The molecule has 1 aliphatic heterocycles. The lowest BCUT2D eigenvalue weighted by Gasteiger charge is -2.18. The van der Waals surface area contributed by atoms with Crippen molar-refractivity contribution in [2.75, 3.05) is 18.1 Å². The fraction of sp³-hybridized carbons (Fsp3) is 1.00. The first-order valence-electron chi connectivity index (χ1n) is 4.10. The Bertz CT molecular complexity index is 243. The van der Waals surface area contributed by atoms with E-state index in [1.165, 1.54) is 0 Å². The molecule has 0 fully saturated rings. The zero-order valence-electron chi connectivity index (χ0n) is 7.59. The molecule has 11 heavy (non-hydrogen) atoms. The molecule has 1 atom stereocenters. The Labute approximate surface area is 69.6 Å². The van der Waals surface area contributed by atoms with Crippen molar-refractivity contribution in [2.45, 2.75) is 27.2 Å². The number of rotatable bonds is 1. The summed E-state index contributed by atoms with van der Waals surface area (Å²) in [6.07, 6.45) is 1.02. The van der Waals surface area contributed by atoms with Crippen LogP contribution >= 0.6 is 0 Å². The van der Waals surface area contributed by atoms with Gasteiger partial charge in [0.2, 0.25) is 0 Å². The van der Waals surface area contributed by atoms with Gasteiger partial charge in [-0.15, -0.1) is 0 Å². The molecule has 0 aliphatic carbocycles. The lowest BCUT2D eigenvalue weighted by Crippen LogP contribution is -2.20. The van der Waals surface area contributed by atoms with Crippen molar-refractivity contribution in [1.82, 2.24) is 0 Å². The highest BCUT2D eigenvalue weighted by Crippen LogP contribution is 2.21. The highest BCUT2D eigenvalue weighted by Gasteiger charge is 2.22. The molecule has 2 nitrogen and oxygen atoms in total. The predicted octanol–water partition coefficient (Wildman–Crippen LogP) is 1.90. The standard InChI is InChI=1S/C8H17NOS/c1-8(2,3)7-11(10)6-4-5-9-11/h4-7H2,1-3H3/t11-/m1/s1. The van der Waals surface area contributed by atoms with Crippen LogP contribution in [0.3, 0.4) is 0 Å². The third kappa shape index (κ3) is 2.81. The average Bonchev–Trinajstić information content (AvgIpc) is 2.09. The molecule has 0 saturated carbocycles. The van der Waals surface area contributed by atoms with E-state index in [0.29, 0.717) is 0 Å². The fourth-order valence-corrected chi connectivity index (χ4v) is 4.14. The first-order chi connectivity index (χ1) is 4.91. The van der Waals surface area contributed by atoms with Crippen LogP contribution in [0.4, 0.5) is 0 Å². The minimum Gasteiger partial charge on any atom is -0.250 e. The minimum atomic E-state index is -1.79. The molecular weight excluding hydrogens is 158 g/mol. The normalized spacial score (nSPS) is 31.9. The lowest BCUT2D eigenvalue weighted by molar-refractivity contribution is 0.472. The van der Waals surface area contributed by atoms with Crippen LogP contribution in [0.15, 0.2) is 4.36 Å². The monoisotopic (exact) mass is 175 g/mol. The van der Waals surface area contributed by atoms with Gasteiger partial charge >= 0.3 is 0 Å². The molecule has 3 heteroatoms. The SMILES string of the molecule is CC(C)(C)C[S@@]1(=O)=NCCC1. The highest BCUT2D eigenvalue weighted by molar-refractivity contribution is 7.93. The quantitative estimate of drug-likeness (QED) is 0.598. The van der Waals surface area contributed by atoms with Crippen LogP contribution in [0, 0.1) is 5.41 Å². The Balaban J connectivity index is 2.69. The molecule has 66 valence electrons. The molecular formula is C8H17NOS. The van der Waals surface area contributed by atoms with Gasteiger partial charge in [-0.3, -0.25) is 0 Å². The highest BCUT2D eigenvalue weighted by atomic mass is 32.2. The van der Waals surface area contributed by atoms with Gasteiger partial charge in [-0.25, -0.2) is 8.57 Å². The molecule has 0 saturated heterocycles. The summed E-state index contributed by atoms with van der Waals surface area (Å²) in [5.74, 6) is 1.59. The maximum absolute atomic E-state index is 11.8. The van der Waals surface area contributed by atoms with Crippen LogP contribution < -0.4 is 0 Å². The molecule has 0 aromatic carbocycles. The van der Waals surface area contributed by atoms with Gasteiger partial charge in [0.1, 0.15) is 0 Å². The summed E-state index contributed by atoms with van der Waals surface area (Å²) >= 11 is 0. The number of hydrogen-bond acceptors (Lipinski definition) is 2. The Morgan fingerprint density at radius 2 is 2.09 bits per heavy atom. The third-order valence-corrected chi connectivity index (χ3v) is 4.50. The van der Waals surface area contributed by atoms with Crippen molar-refractivity contribution >= 4 is 9.73 Å². The van der Waals surface area contributed by atoms with Crippen LogP contribution in [-0.2, 0) is 9.73 Å². The summed E-state index contributed by atoms with van der Waals surface area (Å²) < 4.78 is 16.0. The summed E-state index contributed by atoms with van der Waals surface area (Å²) in [6, 6.07) is 0. The Kier molecular flexibility index (Phi) is 2.28. The van der Waals surface area contributed by atoms with E-state index in [0.717, 1.165) is 24.5 Å². The summed E-state index contributed by atoms with van der Waals surface area (Å²) in [6.45, 7) is 7.17. The van der Waals surface area contributed by atoms with Gasteiger partial charge in [0.15, 0.2) is 0 Å². The van der Waals surface area contributed by atoms with Crippen molar-refractivity contribution in [3.8, 4) is 0 Å². The maximum Gasteiger partial charge on any atom is 0.0493 e. The number of hydrogen-bond donors (Lipinski definition) is 0. The molecule has 0 amide bonds. The van der Waals surface area contributed by atoms with E-state index in [4.69, 9.17) is 0 Å². The molecule has 0 bridgehead atoms. The predicted molar refractivity (Wildman–Crippen MR) is 49.2 cm³/mol. The van der Waals surface area contributed by atoms with Crippen molar-refractivity contribution < 1.29 is 4.21 Å². The van der Waals surface area contributed by atoms with Gasteiger partial charge in [-0.05, 0) is 11.8 Å². The minimum absolute atomic E-state index is 0.158. The van der Waals surface area contributed by atoms with Crippen molar-refractivity contribution in [2.24, 2.45) is 9.78 Å². The molecule has 0 aromatic rings. The van der Waals surface area contributed by atoms with E-state index >= 15 is 0 Å². The topological polar surface area (TPSA) is 29.4 Å². The first kappa shape index (κ1) is 9.04. The second-order valence-corrected chi connectivity index (χ2v) is 6.89. The number of nitrogens with zero attached hydrogens (tertiary/aromatic N) is 1. The Morgan fingerprint density at radius 1 is 1.45 bits per heavy atom. The molecule has 0 unspecified atom stereocenters. The molecule has 0 spiro atoms. The van der Waals surface area contributed by atoms with E-state index in [2.05, 4.69) is 25.1 Å². The Hall–Kier alpha value is -0.0500. The van der Waals surface area contributed by atoms with Gasteiger partial charge in [-0.1, -0.05) is 20.8 Å². The van der Waals surface area contributed by atoms with Crippen molar-refractivity contribution in [1.29, 1.82) is 0 Å². The zero-order chi connectivity index (χ0) is 8.54. The molecule has 0 aromatic heterocycles. The average molecular weight is 175 g/mol. The smallest absolute Gasteiger partial charge is 0.0493 e. The van der Waals surface area contributed by atoms with E-state index < -0.39 is 9.73 Å². The summed E-state index contributed by atoms with van der Waals surface area (Å²) in [7, 11) is -1.79. The largest absolute Gasteiger partial charge is 0.250 e. The van der Waals surface area contributed by atoms with E-state index in [1.54, 1.807) is 0 Å². The van der Waals surface area contributed by atoms with Crippen molar-refractivity contribution in [3.63, 3.8) is 0 Å². The third-order valence-electron chi connectivity index (χ3n) is 1.61. The molecule has 1 aliphatic rings. The molecule has 1 rings (SSSR count). The van der Waals surface area contributed by atoms with Gasteiger partial charge in [0.05, 0.1) is 0 Å². The lowest BCUT2D eigenvalue weighted by atomic mass is 10.0. The van der Waals surface area contributed by atoms with Crippen LogP contribution in [0.2, 0.25) is 0 Å². The van der Waals surface area contributed by atoms with Gasteiger partial charge in [-0.2, -0.15) is 0 Å². The van der Waals surface area contributed by atoms with Crippen LogP contribution in [-0.4, -0.2) is 22.3 Å². The van der Waals surface area contributed by atoms with Gasteiger partial charge < -0.3 is 0 Å².